The van der Waals surface area contributed by atoms with Gasteiger partial charge in [-0.25, -0.2) is 0 Å². The standard InChI is InChI=1S/C13H17IO2/c14-12-3-1-11(2-4-12)9-13(10-15)5-7-16-8-6-13/h1-4,15H,5-10H2. The lowest BCUT2D eigenvalue weighted by Crippen LogP contribution is -2.35. The molecule has 0 bridgehead atoms. The van der Waals surface area contributed by atoms with Gasteiger partial charge in [-0.3, -0.25) is 0 Å². The molecular weight excluding hydrogens is 315 g/mol. The number of hydrogen-bond acceptors (Lipinski definition) is 2. The Morgan fingerprint density at radius 2 is 1.81 bits per heavy atom. The van der Waals surface area contributed by atoms with E-state index in [0.717, 1.165) is 32.5 Å². The van der Waals surface area contributed by atoms with Crippen molar-refractivity contribution in [3.63, 3.8) is 0 Å². The molecule has 1 fully saturated rings. The van der Waals surface area contributed by atoms with Crippen molar-refractivity contribution >= 4 is 22.6 Å². The van der Waals surface area contributed by atoms with Crippen molar-refractivity contribution < 1.29 is 9.84 Å². The number of benzene rings is 1. The molecule has 0 saturated carbocycles. The van der Waals surface area contributed by atoms with Gasteiger partial charge in [0.05, 0.1) is 0 Å². The lowest BCUT2D eigenvalue weighted by molar-refractivity contribution is -0.0157. The Bertz CT molecular complexity index is 328. The molecule has 2 rings (SSSR count). The van der Waals surface area contributed by atoms with Crippen molar-refractivity contribution in [3.8, 4) is 0 Å². The summed E-state index contributed by atoms with van der Waals surface area (Å²) in [6.45, 7) is 1.83. The zero-order chi connectivity index (χ0) is 11.4. The van der Waals surface area contributed by atoms with Gasteiger partial charge in [-0.2, -0.15) is 0 Å². The Balaban J connectivity index is 2.08. The average molecular weight is 332 g/mol. The molecule has 1 saturated heterocycles. The number of aliphatic hydroxyl groups excluding tert-OH is 1. The van der Waals surface area contributed by atoms with E-state index in [4.69, 9.17) is 4.74 Å². The highest BCUT2D eigenvalue weighted by molar-refractivity contribution is 14.1. The van der Waals surface area contributed by atoms with E-state index in [2.05, 4.69) is 46.9 Å². The van der Waals surface area contributed by atoms with Gasteiger partial charge in [-0.15, -0.1) is 0 Å². The molecule has 0 aromatic heterocycles. The van der Waals surface area contributed by atoms with E-state index in [0.29, 0.717) is 0 Å². The first-order chi connectivity index (χ1) is 7.74. The van der Waals surface area contributed by atoms with Crippen LogP contribution in [0.15, 0.2) is 24.3 Å². The molecule has 1 aliphatic heterocycles. The fourth-order valence-electron chi connectivity index (χ4n) is 2.23. The van der Waals surface area contributed by atoms with Crippen LogP contribution in [0, 0.1) is 8.99 Å². The summed E-state index contributed by atoms with van der Waals surface area (Å²) in [6.07, 6.45) is 2.90. The van der Waals surface area contributed by atoms with Crippen LogP contribution in [0.3, 0.4) is 0 Å². The SMILES string of the molecule is OCC1(Cc2ccc(I)cc2)CCOCC1. The molecular formula is C13H17IO2. The van der Waals surface area contributed by atoms with E-state index >= 15 is 0 Å². The van der Waals surface area contributed by atoms with Gasteiger partial charge in [0.1, 0.15) is 0 Å². The minimum absolute atomic E-state index is 0.0467. The predicted molar refractivity (Wildman–Crippen MR) is 72.4 cm³/mol. The third kappa shape index (κ3) is 2.96. The molecule has 2 nitrogen and oxygen atoms in total. The highest BCUT2D eigenvalue weighted by atomic mass is 127. The van der Waals surface area contributed by atoms with Crippen molar-refractivity contribution in [2.45, 2.75) is 19.3 Å². The molecule has 1 heterocycles. The normalized spacial score (nSPS) is 19.6. The Morgan fingerprint density at radius 1 is 1.19 bits per heavy atom. The molecule has 0 spiro atoms. The topological polar surface area (TPSA) is 29.5 Å². The van der Waals surface area contributed by atoms with E-state index in [1.54, 1.807) is 0 Å². The molecule has 1 aromatic carbocycles. The van der Waals surface area contributed by atoms with Gasteiger partial charge < -0.3 is 9.84 Å². The van der Waals surface area contributed by atoms with Crippen LogP contribution in [-0.4, -0.2) is 24.9 Å². The lowest BCUT2D eigenvalue weighted by atomic mass is 9.76. The first-order valence-corrected chi connectivity index (χ1v) is 6.75. The second kappa shape index (κ2) is 5.47. The van der Waals surface area contributed by atoms with Crippen LogP contribution in [0.5, 0.6) is 0 Å². The second-order valence-corrected chi connectivity index (χ2v) is 5.82. The summed E-state index contributed by atoms with van der Waals surface area (Å²) in [4.78, 5) is 0. The summed E-state index contributed by atoms with van der Waals surface area (Å²) >= 11 is 2.31. The first-order valence-electron chi connectivity index (χ1n) is 5.67. The minimum Gasteiger partial charge on any atom is -0.396 e. The molecule has 0 radical (unpaired) electrons. The van der Waals surface area contributed by atoms with Crippen LogP contribution < -0.4 is 0 Å². The van der Waals surface area contributed by atoms with Crippen molar-refractivity contribution in [3.05, 3.63) is 33.4 Å². The number of halogens is 1. The molecule has 1 N–H and O–H groups in total. The molecule has 3 heteroatoms. The third-order valence-corrected chi connectivity index (χ3v) is 4.10. The highest BCUT2D eigenvalue weighted by Gasteiger charge is 2.31. The number of hydrogen-bond donors (Lipinski definition) is 1. The van der Waals surface area contributed by atoms with Gasteiger partial charge in [0, 0.05) is 28.8 Å². The van der Waals surface area contributed by atoms with E-state index in [9.17, 15) is 5.11 Å². The van der Waals surface area contributed by atoms with E-state index in [1.165, 1.54) is 9.13 Å². The largest absolute Gasteiger partial charge is 0.396 e. The Labute approximate surface area is 110 Å². The first kappa shape index (κ1) is 12.3. The van der Waals surface area contributed by atoms with Crippen LogP contribution in [-0.2, 0) is 11.2 Å². The van der Waals surface area contributed by atoms with Crippen LogP contribution in [0.25, 0.3) is 0 Å². The van der Waals surface area contributed by atoms with E-state index in [-0.39, 0.29) is 12.0 Å². The Hall–Kier alpha value is -0.130. The fourth-order valence-corrected chi connectivity index (χ4v) is 2.59. The van der Waals surface area contributed by atoms with Crippen LogP contribution in [0.4, 0.5) is 0 Å². The molecule has 88 valence electrons. The van der Waals surface area contributed by atoms with Crippen LogP contribution >= 0.6 is 22.6 Å². The van der Waals surface area contributed by atoms with Crippen molar-refractivity contribution in [2.75, 3.05) is 19.8 Å². The Kier molecular flexibility index (Phi) is 4.21. The summed E-state index contributed by atoms with van der Waals surface area (Å²) in [5.74, 6) is 0. The lowest BCUT2D eigenvalue weighted by Gasteiger charge is -2.35. The highest BCUT2D eigenvalue weighted by Crippen LogP contribution is 2.33. The van der Waals surface area contributed by atoms with Crippen LogP contribution in [0.1, 0.15) is 18.4 Å². The van der Waals surface area contributed by atoms with Gasteiger partial charge in [0.2, 0.25) is 0 Å². The maximum Gasteiger partial charge on any atom is 0.0492 e. The summed E-state index contributed by atoms with van der Waals surface area (Å²) < 4.78 is 6.63. The average Bonchev–Trinajstić information content (AvgIpc) is 2.33. The number of ether oxygens (including phenoxy) is 1. The van der Waals surface area contributed by atoms with Gasteiger partial charge in [-0.05, 0) is 59.5 Å². The number of rotatable bonds is 3. The molecule has 16 heavy (non-hydrogen) atoms. The zero-order valence-corrected chi connectivity index (χ0v) is 11.4. The number of aliphatic hydroxyl groups is 1. The molecule has 0 amide bonds. The van der Waals surface area contributed by atoms with E-state index in [1.807, 2.05) is 0 Å². The van der Waals surface area contributed by atoms with Gasteiger partial charge in [0.15, 0.2) is 0 Å². The van der Waals surface area contributed by atoms with Crippen molar-refractivity contribution in [2.24, 2.45) is 5.41 Å². The molecule has 1 aromatic rings. The predicted octanol–water partition coefficient (Wildman–Crippen LogP) is 2.62. The second-order valence-electron chi connectivity index (χ2n) is 4.57. The van der Waals surface area contributed by atoms with Crippen molar-refractivity contribution in [1.29, 1.82) is 0 Å². The molecule has 0 unspecified atom stereocenters. The summed E-state index contributed by atoms with van der Waals surface area (Å²) in [5, 5.41) is 9.60. The van der Waals surface area contributed by atoms with Crippen LogP contribution in [0.2, 0.25) is 0 Å². The summed E-state index contributed by atoms with van der Waals surface area (Å²) in [5.41, 5.74) is 1.36. The smallest absolute Gasteiger partial charge is 0.0492 e. The Morgan fingerprint density at radius 3 is 2.38 bits per heavy atom. The van der Waals surface area contributed by atoms with Gasteiger partial charge in [0.25, 0.3) is 0 Å². The zero-order valence-electron chi connectivity index (χ0n) is 9.29. The van der Waals surface area contributed by atoms with E-state index < -0.39 is 0 Å². The summed E-state index contributed by atoms with van der Waals surface area (Å²) in [6, 6.07) is 8.57. The van der Waals surface area contributed by atoms with Crippen molar-refractivity contribution in [1.82, 2.24) is 0 Å². The minimum atomic E-state index is 0.0467. The maximum absolute atomic E-state index is 9.60. The quantitative estimate of drug-likeness (QED) is 0.863. The van der Waals surface area contributed by atoms with Gasteiger partial charge >= 0.3 is 0 Å². The molecule has 0 atom stereocenters. The monoisotopic (exact) mass is 332 g/mol. The molecule has 1 aliphatic rings. The summed E-state index contributed by atoms with van der Waals surface area (Å²) in [7, 11) is 0. The molecule has 0 aliphatic carbocycles. The fraction of sp³-hybridized carbons (Fsp3) is 0.538. The third-order valence-electron chi connectivity index (χ3n) is 3.38. The maximum atomic E-state index is 9.60. The van der Waals surface area contributed by atoms with Gasteiger partial charge in [-0.1, -0.05) is 12.1 Å².